The lowest BCUT2D eigenvalue weighted by Gasteiger charge is -2.22. The lowest BCUT2D eigenvalue weighted by Crippen LogP contribution is -2.27. The minimum atomic E-state index is -1.62. The molecule has 4 heteroatoms. The van der Waals surface area contributed by atoms with Crippen molar-refractivity contribution in [3.05, 3.63) is 23.4 Å². The van der Waals surface area contributed by atoms with Gasteiger partial charge in [0.15, 0.2) is 6.29 Å². The van der Waals surface area contributed by atoms with Crippen LogP contribution in [0, 0.1) is 0 Å². The van der Waals surface area contributed by atoms with Crippen molar-refractivity contribution in [3.8, 4) is 0 Å². The molecule has 0 bridgehead atoms. The second kappa shape index (κ2) is 8.69. The van der Waals surface area contributed by atoms with Gasteiger partial charge in [0.2, 0.25) is 8.32 Å². The highest BCUT2D eigenvalue weighted by atomic mass is 28.4. The molecule has 0 radical (unpaired) electrons. The smallest absolute Gasteiger partial charge is 0.211 e. The third-order valence-electron chi connectivity index (χ3n) is 3.09. The highest BCUT2D eigenvalue weighted by Gasteiger charge is 2.16. The topological polar surface area (TPSA) is 27.7 Å². The average molecular weight is 284 g/mol. The number of hydrogen-bond donors (Lipinski definition) is 0. The van der Waals surface area contributed by atoms with E-state index >= 15 is 0 Å². The maximum Gasteiger partial charge on any atom is 0.211 e. The quantitative estimate of drug-likeness (QED) is 0.525. The predicted molar refractivity (Wildman–Crippen MR) is 81.5 cm³/mol. The summed E-state index contributed by atoms with van der Waals surface area (Å²) in [5, 5.41) is 0. The van der Waals surface area contributed by atoms with E-state index in [0.717, 1.165) is 26.1 Å². The van der Waals surface area contributed by atoms with Crippen molar-refractivity contribution in [2.75, 3.05) is 19.8 Å². The van der Waals surface area contributed by atoms with Crippen LogP contribution in [0.1, 0.15) is 33.1 Å². The second-order valence-electron chi connectivity index (χ2n) is 5.45. The first-order valence-electron chi connectivity index (χ1n) is 7.26. The molecule has 1 fully saturated rings. The Balaban J connectivity index is 2.29. The maximum atomic E-state index is 5.75. The van der Waals surface area contributed by atoms with Gasteiger partial charge in [0, 0.05) is 13.2 Å². The van der Waals surface area contributed by atoms with Gasteiger partial charge in [-0.1, -0.05) is 23.4 Å². The van der Waals surface area contributed by atoms with E-state index in [-0.39, 0.29) is 6.29 Å². The Morgan fingerprint density at radius 1 is 1.37 bits per heavy atom. The zero-order valence-corrected chi connectivity index (χ0v) is 13.8. The first kappa shape index (κ1) is 16.6. The van der Waals surface area contributed by atoms with Crippen LogP contribution in [0.25, 0.3) is 0 Å². The van der Waals surface area contributed by atoms with Crippen molar-refractivity contribution in [1.82, 2.24) is 0 Å². The Morgan fingerprint density at radius 2 is 2.16 bits per heavy atom. The summed E-state index contributed by atoms with van der Waals surface area (Å²) in [7, 11) is -1.62. The van der Waals surface area contributed by atoms with E-state index in [0.29, 0.717) is 6.61 Å². The van der Waals surface area contributed by atoms with Gasteiger partial charge < -0.3 is 13.9 Å². The van der Waals surface area contributed by atoms with Gasteiger partial charge in [0.1, 0.15) is 0 Å². The summed E-state index contributed by atoms with van der Waals surface area (Å²) >= 11 is 0. The Labute approximate surface area is 118 Å². The van der Waals surface area contributed by atoms with Crippen molar-refractivity contribution >= 4 is 8.32 Å². The molecule has 0 N–H and O–H groups in total. The molecule has 0 aromatic carbocycles. The van der Waals surface area contributed by atoms with Crippen LogP contribution in [0.15, 0.2) is 23.4 Å². The van der Waals surface area contributed by atoms with Crippen LogP contribution in [0.4, 0.5) is 0 Å². The first-order valence-corrected chi connectivity index (χ1v) is 10.3. The van der Waals surface area contributed by atoms with Crippen LogP contribution in [0.2, 0.25) is 13.1 Å². The van der Waals surface area contributed by atoms with Crippen molar-refractivity contribution in [2.24, 2.45) is 0 Å². The molecule has 1 rings (SSSR count). The van der Waals surface area contributed by atoms with E-state index in [1.807, 2.05) is 6.92 Å². The van der Waals surface area contributed by atoms with Crippen molar-refractivity contribution < 1.29 is 13.9 Å². The Kier molecular flexibility index (Phi) is 7.61. The minimum absolute atomic E-state index is 0.00368. The van der Waals surface area contributed by atoms with E-state index in [9.17, 15) is 0 Å². The lowest BCUT2D eigenvalue weighted by atomic mass is 10.2. The van der Waals surface area contributed by atoms with Crippen molar-refractivity contribution in [3.63, 3.8) is 0 Å². The Bertz CT molecular complexity index is 305. The molecule has 110 valence electrons. The number of rotatable bonds is 7. The van der Waals surface area contributed by atoms with Gasteiger partial charge in [-0.2, -0.15) is 0 Å². The molecule has 1 atom stereocenters. The molecule has 0 spiro atoms. The molecule has 1 unspecified atom stereocenters. The fraction of sp³-hybridized carbons (Fsp3) is 0.733. The molecule has 0 saturated carbocycles. The van der Waals surface area contributed by atoms with Crippen molar-refractivity contribution in [2.45, 2.75) is 52.5 Å². The van der Waals surface area contributed by atoms with E-state index in [2.05, 4.69) is 37.9 Å². The van der Waals surface area contributed by atoms with Crippen LogP contribution >= 0.6 is 0 Å². The Hall–Kier alpha value is -0.423. The summed E-state index contributed by atoms with van der Waals surface area (Å²) in [6, 6.07) is 0. The molecule has 0 aliphatic carbocycles. The van der Waals surface area contributed by atoms with Gasteiger partial charge in [-0.05, 0) is 46.2 Å². The zero-order valence-electron chi connectivity index (χ0n) is 12.8. The van der Waals surface area contributed by atoms with Gasteiger partial charge in [-0.25, -0.2) is 0 Å². The summed E-state index contributed by atoms with van der Waals surface area (Å²) in [6.45, 7) is 10.8. The largest absolute Gasteiger partial charge is 0.414 e. The molecule has 1 saturated heterocycles. The molecule has 3 nitrogen and oxygen atoms in total. The summed E-state index contributed by atoms with van der Waals surface area (Å²) in [5.41, 5.74) is 3.44. The van der Waals surface area contributed by atoms with Crippen LogP contribution in [0.3, 0.4) is 0 Å². The standard InChI is InChI=1S/C15H28O3Si/c1-5-18-19(3,4)13-10-14(2)9-12-17-15-8-6-7-11-16-15/h9-10,13,15H,5-8,11-12H2,1-4H3/b13-10+,14-9+. The summed E-state index contributed by atoms with van der Waals surface area (Å²) < 4.78 is 17.0. The summed E-state index contributed by atoms with van der Waals surface area (Å²) in [4.78, 5) is 0. The van der Waals surface area contributed by atoms with Gasteiger partial charge in [-0.3, -0.25) is 0 Å². The number of hydrogen-bond acceptors (Lipinski definition) is 3. The fourth-order valence-electron chi connectivity index (χ4n) is 1.95. The predicted octanol–water partition coefficient (Wildman–Crippen LogP) is 3.81. The van der Waals surface area contributed by atoms with Gasteiger partial charge in [0.05, 0.1) is 6.61 Å². The first-order chi connectivity index (χ1) is 9.03. The molecule has 1 heterocycles. The van der Waals surface area contributed by atoms with Gasteiger partial charge in [-0.15, -0.1) is 0 Å². The molecule has 0 aromatic heterocycles. The van der Waals surface area contributed by atoms with Gasteiger partial charge >= 0.3 is 0 Å². The molecule has 19 heavy (non-hydrogen) atoms. The molecule has 0 aromatic rings. The van der Waals surface area contributed by atoms with E-state index in [1.54, 1.807) is 0 Å². The van der Waals surface area contributed by atoms with E-state index in [1.165, 1.54) is 12.0 Å². The molecule has 1 aliphatic heterocycles. The molecular formula is C15H28O3Si. The van der Waals surface area contributed by atoms with Gasteiger partial charge in [0.25, 0.3) is 0 Å². The SMILES string of the molecule is CCO[Si](C)(C)/C=C/C(C)=C/COC1CCCCO1. The van der Waals surface area contributed by atoms with Crippen LogP contribution < -0.4 is 0 Å². The highest BCUT2D eigenvalue weighted by Crippen LogP contribution is 2.14. The molecule has 1 aliphatic rings. The molecular weight excluding hydrogens is 256 g/mol. The van der Waals surface area contributed by atoms with Crippen molar-refractivity contribution in [1.29, 1.82) is 0 Å². The summed E-state index contributed by atoms with van der Waals surface area (Å²) in [6.07, 6.45) is 7.64. The zero-order chi connectivity index (χ0) is 14.1. The van der Waals surface area contributed by atoms with E-state index in [4.69, 9.17) is 13.9 Å². The van der Waals surface area contributed by atoms with E-state index < -0.39 is 8.32 Å². The van der Waals surface area contributed by atoms with Crippen LogP contribution in [-0.4, -0.2) is 34.4 Å². The van der Waals surface area contributed by atoms with Crippen LogP contribution in [0.5, 0.6) is 0 Å². The lowest BCUT2D eigenvalue weighted by molar-refractivity contribution is -0.155. The molecule has 0 amide bonds. The van der Waals surface area contributed by atoms with Crippen LogP contribution in [-0.2, 0) is 13.9 Å². The third kappa shape index (κ3) is 7.67. The Morgan fingerprint density at radius 3 is 2.79 bits per heavy atom. The number of ether oxygens (including phenoxy) is 2. The maximum absolute atomic E-state index is 5.75. The monoisotopic (exact) mass is 284 g/mol. The number of allylic oxidation sites excluding steroid dienone is 2. The highest BCUT2D eigenvalue weighted by molar-refractivity contribution is 6.76. The fourth-order valence-corrected chi connectivity index (χ4v) is 3.45. The third-order valence-corrected chi connectivity index (χ3v) is 5.09. The minimum Gasteiger partial charge on any atom is -0.414 e. The average Bonchev–Trinajstić information content (AvgIpc) is 2.38. The second-order valence-corrected chi connectivity index (χ2v) is 9.28. The summed E-state index contributed by atoms with van der Waals surface area (Å²) in [5.74, 6) is 0. The normalized spacial score (nSPS) is 22.1.